The van der Waals surface area contributed by atoms with E-state index in [1.165, 1.54) is 77.2 Å². The molecule has 230 valence electrons. The summed E-state index contributed by atoms with van der Waals surface area (Å²) in [5, 5.41) is 5.27. The Hall–Kier alpha value is -5.86. The fraction of sp³-hybridized carbons (Fsp3) is 0.0870. The summed E-state index contributed by atoms with van der Waals surface area (Å²) in [5.41, 5.74) is 13.0. The molecule has 7 aromatic carbocycles. The summed E-state index contributed by atoms with van der Waals surface area (Å²) in [7, 11) is 0. The molecule has 0 aliphatic carbocycles. The second-order valence-electron chi connectivity index (χ2n) is 12.9. The third-order valence-electron chi connectivity index (χ3n) is 9.93. The number of para-hydroxylation sites is 4. The Kier molecular flexibility index (Phi) is 7.13. The van der Waals surface area contributed by atoms with E-state index in [1.54, 1.807) is 0 Å². The van der Waals surface area contributed by atoms with Crippen molar-refractivity contribution >= 4 is 43.6 Å². The molecule has 0 saturated carbocycles. The molecule has 0 amide bonds. The minimum Gasteiger partial charge on any atom is -0.309 e. The second-order valence-corrected chi connectivity index (χ2v) is 12.9. The Morgan fingerprint density at radius 3 is 1.04 bits per heavy atom. The number of hydrogen-bond donors (Lipinski definition) is 0. The summed E-state index contributed by atoms with van der Waals surface area (Å²) in [4.78, 5) is 0. The zero-order valence-corrected chi connectivity index (χ0v) is 26.9. The molecule has 0 bridgehead atoms. The van der Waals surface area contributed by atoms with E-state index in [1.807, 2.05) is 0 Å². The van der Waals surface area contributed by atoms with E-state index in [4.69, 9.17) is 0 Å². The smallest absolute Gasteiger partial charge is 0.0541 e. The maximum absolute atomic E-state index is 2.40. The highest BCUT2D eigenvalue weighted by Gasteiger charge is 2.14. The van der Waals surface area contributed by atoms with E-state index in [9.17, 15) is 0 Å². The van der Waals surface area contributed by atoms with Gasteiger partial charge in [-0.2, -0.15) is 0 Å². The highest BCUT2D eigenvalue weighted by atomic mass is 15.0. The van der Waals surface area contributed by atoms with Gasteiger partial charge in [-0.1, -0.05) is 109 Å². The van der Waals surface area contributed by atoms with Crippen LogP contribution in [0.5, 0.6) is 0 Å². The molecule has 48 heavy (non-hydrogen) atoms. The van der Waals surface area contributed by atoms with E-state index < -0.39 is 0 Å². The van der Waals surface area contributed by atoms with Gasteiger partial charge in [0.05, 0.1) is 22.1 Å². The summed E-state index contributed by atoms with van der Waals surface area (Å²) in [6.07, 6.45) is 4.12. The molecule has 0 fully saturated rings. The third-order valence-corrected chi connectivity index (χ3v) is 9.93. The Morgan fingerprint density at radius 1 is 0.271 bits per heavy atom. The molecular formula is C46H36N2. The first-order valence-corrected chi connectivity index (χ1v) is 17.0. The predicted molar refractivity (Wildman–Crippen MR) is 203 cm³/mol. The summed E-state index contributed by atoms with van der Waals surface area (Å²) in [6, 6.07) is 62.2. The summed E-state index contributed by atoms with van der Waals surface area (Å²) in [6.45, 7) is 0. The largest absolute Gasteiger partial charge is 0.309 e. The first kappa shape index (κ1) is 28.4. The molecule has 2 heterocycles. The van der Waals surface area contributed by atoms with Crippen molar-refractivity contribution in [2.75, 3.05) is 0 Å². The predicted octanol–water partition coefficient (Wildman–Crippen LogP) is 11.5. The Labute approximate surface area is 281 Å². The number of benzene rings is 7. The zero-order chi connectivity index (χ0) is 31.9. The van der Waals surface area contributed by atoms with E-state index in [-0.39, 0.29) is 0 Å². The van der Waals surface area contributed by atoms with E-state index in [0.717, 1.165) is 25.7 Å². The molecule has 2 aromatic heterocycles. The topological polar surface area (TPSA) is 9.86 Å². The number of aromatic nitrogens is 2. The monoisotopic (exact) mass is 616 g/mol. The molecule has 0 aliphatic heterocycles. The maximum Gasteiger partial charge on any atom is 0.0541 e. The van der Waals surface area contributed by atoms with Gasteiger partial charge < -0.3 is 9.13 Å². The van der Waals surface area contributed by atoms with E-state index in [0.29, 0.717) is 0 Å². The lowest BCUT2D eigenvalue weighted by atomic mass is 9.99. The van der Waals surface area contributed by atoms with E-state index >= 15 is 0 Å². The third kappa shape index (κ3) is 5.07. The molecule has 0 aliphatic rings. The van der Waals surface area contributed by atoms with Gasteiger partial charge in [0.25, 0.3) is 0 Å². The number of nitrogens with zero attached hydrogens (tertiary/aromatic N) is 2. The standard InChI is InChI=1S/C46H36N2/c1-3-11-37(12-4-1)47-43-17-9-7-15-39(43)41-31-35(27-29-45(41)47)25-23-33-19-21-34(22-20-33)24-26-36-28-30-46-42(32-36)40-16-8-10-18-44(40)48(46)38-13-5-2-6-14-38/h1-22,27-32H,23-26H2. The molecule has 0 saturated heterocycles. The number of hydrogen-bond acceptors (Lipinski definition) is 0. The van der Waals surface area contributed by atoms with Crippen molar-refractivity contribution in [1.82, 2.24) is 9.13 Å². The van der Waals surface area contributed by atoms with Gasteiger partial charge in [-0.15, -0.1) is 0 Å². The van der Waals surface area contributed by atoms with Gasteiger partial charge in [0.2, 0.25) is 0 Å². The van der Waals surface area contributed by atoms with Gasteiger partial charge in [-0.05, 0) is 109 Å². The summed E-state index contributed by atoms with van der Waals surface area (Å²) < 4.78 is 4.77. The van der Waals surface area contributed by atoms with Crippen LogP contribution in [0.3, 0.4) is 0 Å². The van der Waals surface area contributed by atoms with Crippen molar-refractivity contribution < 1.29 is 0 Å². The average molecular weight is 617 g/mol. The number of fused-ring (bicyclic) bond motifs is 6. The van der Waals surface area contributed by atoms with Gasteiger partial charge in [0.1, 0.15) is 0 Å². The molecule has 0 radical (unpaired) electrons. The van der Waals surface area contributed by atoms with Crippen molar-refractivity contribution in [1.29, 1.82) is 0 Å². The van der Waals surface area contributed by atoms with Crippen LogP contribution in [0.15, 0.2) is 170 Å². The average Bonchev–Trinajstić information content (AvgIpc) is 3.66. The zero-order valence-electron chi connectivity index (χ0n) is 26.9. The van der Waals surface area contributed by atoms with Gasteiger partial charge in [-0.3, -0.25) is 0 Å². The minimum atomic E-state index is 1.02. The Morgan fingerprint density at radius 2 is 0.604 bits per heavy atom. The summed E-state index contributed by atoms with van der Waals surface area (Å²) >= 11 is 0. The molecular weight excluding hydrogens is 581 g/mol. The van der Waals surface area contributed by atoms with Crippen LogP contribution in [0.1, 0.15) is 22.3 Å². The minimum absolute atomic E-state index is 1.02. The van der Waals surface area contributed by atoms with Crippen molar-refractivity contribution in [2.45, 2.75) is 25.7 Å². The van der Waals surface area contributed by atoms with Crippen LogP contribution in [-0.4, -0.2) is 9.13 Å². The van der Waals surface area contributed by atoms with Crippen molar-refractivity contribution in [3.8, 4) is 11.4 Å². The second kappa shape index (κ2) is 12.1. The van der Waals surface area contributed by atoms with Crippen LogP contribution < -0.4 is 0 Å². The van der Waals surface area contributed by atoms with Crippen molar-refractivity contribution in [3.63, 3.8) is 0 Å². The van der Waals surface area contributed by atoms with Crippen LogP contribution >= 0.6 is 0 Å². The first-order valence-electron chi connectivity index (χ1n) is 17.0. The highest BCUT2D eigenvalue weighted by Crippen LogP contribution is 2.34. The van der Waals surface area contributed by atoms with Gasteiger partial charge in [0, 0.05) is 32.9 Å². The van der Waals surface area contributed by atoms with E-state index in [2.05, 4.69) is 179 Å². The van der Waals surface area contributed by atoms with Crippen LogP contribution in [0, 0.1) is 0 Å². The van der Waals surface area contributed by atoms with Gasteiger partial charge in [-0.25, -0.2) is 0 Å². The maximum atomic E-state index is 2.40. The first-order chi connectivity index (χ1) is 23.8. The van der Waals surface area contributed by atoms with Crippen LogP contribution in [0.25, 0.3) is 55.0 Å². The quantitative estimate of drug-likeness (QED) is 0.161. The molecule has 0 N–H and O–H groups in total. The van der Waals surface area contributed by atoms with Gasteiger partial charge in [0.15, 0.2) is 0 Å². The van der Waals surface area contributed by atoms with Gasteiger partial charge >= 0.3 is 0 Å². The molecule has 0 unspecified atom stereocenters. The van der Waals surface area contributed by atoms with Crippen molar-refractivity contribution in [2.24, 2.45) is 0 Å². The highest BCUT2D eigenvalue weighted by molar-refractivity contribution is 6.10. The molecule has 2 heteroatoms. The normalized spacial score (nSPS) is 11.7. The van der Waals surface area contributed by atoms with Crippen LogP contribution in [0.4, 0.5) is 0 Å². The number of rotatable bonds is 8. The molecule has 9 aromatic rings. The lowest BCUT2D eigenvalue weighted by Crippen LogP contribution is -1.95. The SMILES string of the molecule is c1ccc(-n2c3ccccc3c3cc(CCc4ccc(CCc5ccc6c(c5)c5ccccc5n6-c5ccccc5)cc4)ccc32)cc1. The Balaban J connectivity index is 0.909. The number of aryl methyl sites for hydroxylation is 4. The Bertz CT molecular complexity index is 2350. The summed E-state index contributed by atoms with van der Waals surface area (Å²) in [5.74, 6) is 0. The molecule has 2 nitrogen and oxygen atoms in total. The fourth-order valence-electron chi connectivity index (χ4n) is 7.51. The lowest BCUT2D eigenvalue weighted by Gasteiger charge is -2.09. The van der Waals surface area contributed by atoms with Crippen molar-refractivity contribution in [3.05, 3.63) is 192 Å². The molecule has 0 atom stereocenters. The molecule has 9 rings (SSSR count). The molecule has 0 spiro atoms. The van der Waals surface area contributed by atoms with Crippen LogP contribution in [-0.2, 0) is 25.7 Å². The fourth-order valence-corrected chi connectivity index (χ4v) is 7.51. The lowest BCUT2D eigenvalue weighted by molar-refractivity contribution is 0.941. The van der Waals surface area contributed by atoms with Crippen LogP contribution in [0.2, 0.25) is 0 Å².